The second-order valence-electron chi connectivity index (χ2n) is 7.14. The number of likely N-dealkylation sites (tertiary alicyclic amines) is 1. The van der Waals surface area contributed by atoms with Crippen LogP contribution in [-0.2, 0) is 4.79 Å². The average Bonchev–Trinajstić information content (AvgIpc) is 2.77. The summed E-state index contributed by atoms with van der Waals surface area (Å²) in [4.78, 5) is 25.5. The molecule has 2 aliphatic rings. The lowest BCUT2D eigenvalue weighted by molar-refractivity contribution is -0.150. The number of carboxylic acid groups (broad SMARTS) is 1. The number of nitrogens with one attached hydrogen (secondary N) is 1. The number of carboxylic acids is 1. The Hall–Kier alpha value is -1.26. The van der Waals surface area contributed by atoms with Crippen molar-refractivity contribution in [2.75, 3.05) is 19.6 Å². The Morgan fingerprint density at radius 1 is 1.15 bits per heavy atom. The second-order valence-corrected chi connectivity index (χ2v) is 7.14. The van der Waals surface area contributed by atoms with Crippen molar-refractivity contribution in [3.63, 3.8) is 0 Å². The fourth-order valence-electron chi connectivity index (χ4n) is 3.34. The molecule has 1 aliphatic heterocycles. The summed E-state index contributed by atoms with van der Waals surface area (Å²) >= 11 is 0. The summed E-state index contributed by atoms with van der Waals surface area (Å²) < 4.78 is 0. The van der Waals surface area contributed by atoms with Gasteiger partial charge in [-0.2, -0.15) is 0 Å². The first-order valence-corrected chi connectivity index (χ1v) is 7.61. The Bertz CT molecular complexity index is 387. The molecular weight excluding hydrogens is 256 g/mol. The van der Waals surface area contributed by atoms with Crippen molar-refractivity contribution < 1.29 is 14.7 Å². The first kappa shape index (κ1) is 15.1. The fourth-order valence-corrected chi connectivity index (χ4v) is 3.34. The Balaban J connectivity index is 1.90. The molecule has 0 atom stereocenters. The Morgan fingerprint density at radius 2 is 1.80 bits per heavy atom. The van der Waals surface area contributed by atoms with Gasteiger partial charge in [0, 0.05) is 19.6 Å². The number of urea groups is 1. The number of aliphatic carboxylic acids is 1. The molecule has 2 fully saturated rings. The molecule has 1 heterocycles. The molecule has 0 radical (unpaired) electrons. The number of hydrogen-bond acceptors (Lipinski definition) is 2. The van der Waals surface area contributed by atoms with E-state index in [0.29, 0.717) is 12.8 Å². The lowest BCUT2D eigenvalue weighted by Gasteiger charge is -2.33. The SMILES string of the molecule is CC1(C)CCN(C(=O)NCC2(C(=O)O)CCCCC2)C1. The van der Waals surface area contributed by atoms with Crippen LogP contribution < -0.4 is 5.32 Å². The minimum Gasteiger partial charge on any atom is -0.481 e. The summed E-state index contributed by atoms with van der Waals surface area (Å²) in [5.41, 5.74) is -0.574. The van der Waals surface area contributed by atoms with E-state index in [-0.39, 0.29) is 18.0 Å². The molecule has 0 aromatic carbocycles. The molecule has 2 amide bonds. The van der Waals surface area contributed by atoms with Crippen LogP contribution in [0.25, 0.3) is 0 Å². The number of carbonyl (C=O) groups excluding carboxylic acids is 1. The fraction of sp³-hybridized carbons (Fsp3) is 0.867. The Kier molecular flexibility index (Phi) is 4.25. The number of hydrogen-bond donors (Lipinski definition) is 2. The van der Waals surface area contributed by atoms with Gasteiger partial charge < -0.3 is 15.3 Å². The van der Waals surface area contributed by atoms with Gasteiger partial charge in [-0.05, 0) is 24.7 Å². The van der Waals surface area contributed by atoms with Crippen molar-refractivity contribution >= 4 is 12.0 Å². The van der Waals surface area contributed by atoms with Crippen molar-refractivity contribution in [1.29, 1.82) is 0 Å². The highest BCUT2D eigenvalue weighted by atomic mass is 16.4. The van der Waals surface area contributed by atoms with Gasteiger partial charge in [-0.15, -0.1) is 0 Å². The normalized spacial score (nSPS) is 24.4. The topological polar surface area (TPSA) is 69.6 Å². The lowest BCUT2D eigenvalue weighted by atomic mass is 9.74. The summed E-state index contributed by atoms with van der Waals surface area (Å²) in [5.74, 6) is -0.765. The van der Waals surface area contributed by atoms with E-state index >= 15 is 0 Å². The molecule has 2 rings (SSSR count). The van der Waals surface area contributed by atoms with E-state index < -0.39 is 11.4 Å². The monoisotopic (exact) mass is 282 g/mol. The van der Waals surface area contributed by atoms with Crippen LogP contribution >= 0.6 is 0 Å². The molecule has 20 heavy (non-hydrogen) atoms. The van der Waals surface area contributed by atoms with Crippen LogP contribution in [0.1, 0.15) is 52.4 Å². The molecule has 1 saturated carbocycles. The molecule has 0 aromatic heterocycles. The van der Waals surface area contributed by atoms with Gasteiger partial charge in [0.05, 0.1) is 5.41 Å². The van der Waals surface area contributed by atoms with Gasteiger partial charge in [0.2, 0.25) is 0 Å². The summed E-state index contributed by atoms with van der Waals surface area (Å²) in [7, 11) is 0. The largest absolute Gasteiger partial charge is 0.481 e. The molecule has 0 bridgehead atoms. The van der Waals surface area contributed by atoms with E-state index in [0.717, 1.165) is 38.8 Å². The standard InChI is InChI=1S/C15H26N2O3/c1-14(2)8-9-17(11-14)13(20)16-10-15(12(18)19)6-4-3-5-7-15/h3-11H2,1-2H3,(H,16,20)(H,18,19). The minimum absolute atomic E-state index is 0.109. The number of amides is 2. The van der Waals surface area contributed by atoms with E-state index in [1.807, 2.05) is 0 Å². The summed E-state index contributed by atoms with van der Waals surface area (Å²) in [6.07, 6.45) is 5.34. The van der Waals surface area contributed by atoms with Gasteiger partial charge in [0.25, 0.3) is 0 Å². The highest BCUT2D eigenvalue weighted by Crippen LogP contribution is 2.36. The molecular formula is C15H26N2O3. The second kappa shape index (κ2) is 5.62. The molecule has 0 spiro atoms. The smallest absolute Gasteiger partial charge is 0.317 e. The zero-order valence-corrected chi connectivity index (χ0v) is 12.6. The van der Waals surface area contributed by atoms with Crippen molar-refractivity contribution in [2.45, 2.75) is 52.4 Å². The van der Waals surface area contributed by atoms with E-state index in [1.54, 1.807) is 4.90 Å². The maximum atomic E-state index is 12.2. The zero-order valence-electron chi connectivity index (χ0n) is 12.6. The van der Waals surface area contributed by atoms with E-state index in [1.165, 1.54) is 0 Å². The highest BCUT2D eigenvalue weighted by Gasteiger charge is 2.40. The van der Waals surface area contributed by atoms with Crippen LogP contribution in [0.2, 0.25) is 0 Å². The van der Waals surface area contributed by atoms with Gasteiger partial charge in [-0.25, -0.2) is 4.79 Å². The van der Waals surface area contributed by atoms with Crippen molar-refractivity contribution in [3.8, 4) is 0 Å². The quantitative estimate of drug-likeness (QED) is 0.835. The Morgan fingerprint density at radius 3 is 2.30 bits per heavy atom. The van der Waals surface area contributed by atoms with Gasteiger partial charge >= 0.3 is 12.0 Å². The third-order valence-electron chi connectivity index (χ3n) is 4.81. The van der Waals surface area contributed by atoms with Gasteiger partial charge in [0.1, 0.15) is 0 Å². The third-order valence-corrected chi connectivity index (χ3v) is 4.81. The van der Waals surface area contributed by atoms with Crippen LogP contribution in [0.3, 0.4) is 0 Å². The van der Waals surface area contributed by atoms with Crippen molar-refractivity contribution in [1.82, 2.24) is 10.2 Å². The first-order valence-electron chi connectivity index (χ1n) is 7.61. The van der Waals surface area contributed by atoms with Crippen molar-refractivity contribution in [3.05, 3.63) is 0 Å². The third kappa shape index (κ3) is 3.25. The molecule has 5 heteroatoms. The minimum atomic E-state index is -0.765. The first-order chi connectivity index (χ1) is 9.35. The maximum absolute atomic E-state index is 12.2. The highest BCUT2D eigenvalue weighted by molar-refractivity contribution is 5.78. The molecule has 2 N–H and O–H groups in total. The van der Waals surface area contributed by atoms with Crippen LogP contribution in [-0.4, -0.2) is 41.6 Å². The van der Waals surface area contributed by atoms with Crippen LogP contribution in [0.4, 0.5) is 4.79 Å². The zero-order chi connectivity index (χ0) is 14.8. The van der Waals surface area contributed by atoms with Gasteiger partial charge in [0.15, 0.2) is 0 Å². The molecule has 5 nitrogen and oxygen atoms in total. The molecule has 1 aliphatic carbocycles. The Labute approximate surface area is 120 Å². The van der Waals surface area contributed by atoms with Gasteiger partial charge in [-0.1, -0.05) is 33.1 Å². The molecule has 1 saturated heterocycles. The van der Waals surface area contributed by atoms with E-state index in [9.17, 15) is 14.7 Å². The molecule has 114 valence electrons. The number of nitrogens with zero attached hydrogens (tertiary/aromatic N) is 1. The van der Waals surface area contributed by atoms with E-state index in [4.69, 9.17) is 0 Å². The maximum Gasteiger partial charge on any atom is 0.317 e. The van der Waals surface area contributed by atoms with Crippen molar-refractivity contribution in [2.24, 2.45) is 10.8 Å². The predicted octanol–water partition coefficient (Wildman–Crippen LogP) is 2.46. The van der Waals surface area contributed by atoms with Crippen LogP contribution in [0, 0.1) is 10.8 Å². The summed E-state index contributed by atoms with van der Waals surface area (Å²) in [5, 5.41) is 12.3. The van der Waals surface area contributed by atoms with Crippen LogP contribution in [0.5, 0.6) is 0 Å². The summed E-state index contributed by atoms with van der Waals surface area (Å²) in [6.45, 7) is 6.08. The predicted molar refractivity (Wildman–Crippen MR) is 76.5 cm³/mol. The number of rotatable bonds is 3. The molecule has 0 aromatic rings. The lowest BCUT2D eigenvalue weighted by Crippen LogP contribution is -2.48. The van der Waals surface area contributed by atoms with Crippen LogP contribution in [0.15, 0.2) is 0 Å². The number of carbonyl (C=O) groups is 2. The molecule has 0 unspecified atom stereocenters. The average molecular weight is 282 g/mol. The van der Waals surface area contributed by atoms with E-state index in [2.05, 4.69) is 19.2 Å². The van der Waals surface area contributed by atoms with Gasteiger partial charge in [-0.3, -0.25) is 4.79 Å². The summed E-state index contributed by atoms with van der Waals surface area (Å²) in [6, 6.07) is -0.109.